The fourth-order valence-electron chi connectivity index (χ4n) is 0.702. The van der Waals surface area contributed by atoms with Crippen molar-refractivity contribution in [1.82, 2.24) is 0 Å². The van der Waals surface area contributed by atoms with Crippen molar-refractivity contribution in [3.63, 3.8) is 0 Å². The molecule has 0 saturated heterocycles. The molecule has 0 amide bonds. The third-order valence-electron chi connectivity index (χ3n) is 1.15. The van der Waals surface area contributed by atoms with Gasteiger partial charge in [-0.15, -0.1) is 11.3 Å². The number of hydrogen-bond acceptors (Lipinski definition) is 2. The van der Waals surface area contributed by atoms with Gasteiger partial charge in [-0.1, -0.05) is 27.8 Å². The van der Waals surface area contributed by atoms with Crippen LogP contribution in [0.1, 0.15) is 15.2 Å². The van der Waals surface area contributed by atoms with E-state index >= 15 is 0 Å². The summed E-state index contributed by atoms with van der Waals surface area (Å²) in [5.41, 5.74) is 0.590. The molecule has 12 heavy (non-hydrogen) atoms. The van der Waals surface area contributed by atoms with E-state index in [1.807, 2.05) is 0 Å². The molecular weight excluding hydrogens is 240 g/mol. The van der Waals surface area contributed by atoms with Crippen molar-refractivity contribution >= 4 is 33.2 Å². The second kappa shape index (κ2) is 4.29. The SMILES string of the molecule is O=C(O)c1sccc1C#CCBr. The Balaban J connectivity index is 2.99. The van der Waals surface area contributed by atoms with E-state index in [-0.39, 0.29) is 0 Å². The van der Waals surface area contributed by atoms with Gasteiger partial charge in [0, 0.05) is 5.56 Å². The fraction of sp³-hybridized carbons (Fsp3) is 0.125. The number of carbonyl (C=O) groups is 1. The summed E-state index contributed by atoms with van der Waals surface area (Å²) in [6.07, 6.45) is 0. The lowest BCUT2D eigenvalue weighted by atomic mass is 10.2. The first-order valence-corrected chi connectivity index (χ1v) is 5.11. The summed E-state index contributed by atoms with van der Waals surface area (Å²) in [6, 6.07) is 1.71. The average molecular weight is 245 g/mol. The van der Waals surface area contributed by atoms with Gasteiger partial charge in [0.05, 0.1) is 5.33 Å². The standard InChI is InChI=1S/C8H5BrO2S/c9-4-1-2-6-3-5-12-7(6)8(10)11/h3,5H,4H2,(H,10,11). The number of halogens is 1. The molecule has 4 heteroatoms. The van der Waals surface area contributed by atoms with Gasteiger partial charge in [0.2, 0.25) is 0 Å². The quantitative estimate of drug-likeness (QED) is 0.608. The predicted octanol–water partition coefficient (Wildman–Crippen LogP) is 2.19. The Labute approximate surface area is 82.4 Å². The maximum absolute atomic E-state index is 10.6. The summed E-state index contributed by atoms with van der Waals surface area (Å²) in [7, 11) is 0. The zero-order valence-electron chi connectivity index (χ0n) is 6.00. The molecule has 62 valence electrons. The summed E-state index contributed by atoms with van der Waals surface area (Å²) in [6.45, 7) is 0. The Morgan fingerprint density at radius 1 is 1.75 bits per heavy atom. The Morgan fingerprint density at radius 3 is 3.08 bits per heavy atom. The molecule has 0 radical (unpaired) electrons. The molecule has 0 bridgehead atoms. The van der Waals surface area contributed by atoms with Gasteiger partial charge in [-0.3, -0.25) is 0 Å². The molecule has 1 aromatic rings. The number of alkyl halides is 1. The molecule has 1 rings (SSSR count). The van der Waals surface area contributed by atoms with Gasteiger partial charge < -0.3 is 5.11 Å². The summed E-state index contributed by atoms with van der Waals surface area (Å²) in [5.74, 6) is 4.60. The van der Waals surface area contributed by atoms with Crippen molar-refractivity contribution in [2.45, 2.75) is 0 Å². The van der Waals surface area contributed by atoms with Crippen LogP contribution in [-0.4, -0.2) is 16.4 Å². The van der Waals surface area contributed by atoms with Crippen LogP contribution in [0, 0.1) is 11.8 Å². The lowest BCUT2D eigenvalue weighted by molar-refractivity contribution is 0.0702. The number of aromatic carboxylic acids is 1. The van der Waals surface area contributed by atoms with Crippen molar-refractivity contribution in [3.05, 3.63) is 21.9 Å². The molecule has 0 aliphatic heterocycles. The largest absolute Gasteiger partial charge is 0.477 e. The minimum atomic E-state index is -0.913. The van der Waals surface area contributed by atoms with Gasteiger partial charge >= 0.3 is 5.97 Å². The van der Waals surface area contributed by atoms with Gasteiger partial charge in [0.1, 0.15) is 4.88 Å². The number of thiophene rings is 1. The minimum absolute atomic E-state index is 0.309. The summed E-state index contributed by atoms with van der Waals surface area (Å²) in [4.78, 5) is 10.9. The van der Waals surface area contributed by atoms with E-state index in [9.17, 15) is 4.79 Å². The van der Waals surface area contributed by atoms with Crippen LogP contribution in [0.2, 0.25) is 0 Å². The summed E-state index contributed by atoms with van der Waals surface area (Å²) < 4.78 is 0. The highest BCUT2D eigenvalue weighted by Gasteiger charge is 2.08. The van der Waals surface area contributed by atoms with Crippen molar-refractivity contribution in [3.8, 4) is 11.8 Å². The van der Waals surface area contributed by atoms with E-state index in [4.69, 9.17) is 5.11 Å². The molecule has 0 aromatic carbocycles. The van der Waals surface area contributed by atoms with E-state index in [1.54, 1.807) is 11.4 Å². The van der Waals surface area contributed by atoms with Gasteiger partial charge in [0.25, 0.3) is 0 Å². The molecule has 0 aliphatic carbocycles. The van der Waals surface area contributed by atoms with Crippen LogP contribution in [0.25, 0.3) is 0 Å². The lowest BCUT2D eigenvalue weighted by Crippen LogP contribution is -1.94. The molecule has 1 heterocycles. The minimum Gasteiger partial charge on any atom is -0.477 e. The predicted molar refractivity (Wildman–Crippen MR) is 52.0 cm³/mol. The van der Waals surface area contributed by atoms with E-state index in [0.717, 1.165) is 0 Å². The highest BCUT2D eigenvalue weighted by molar-refractivity contribution is 9.09. The molecule has 1 N–H and O–H groups in total. The number of carboxylic acids is 1. The van der Waals surface area contributed by atoms with Gasteiger partial charge in [-0.05, 0) is 11.4 Å². The Kier molecular flexibility index (Phi) is 3.32. The zero-order valence-corrected chi connectivity index (χ0v) is 8.41. The molecule has 0 atom stereocenters. The third-order valence-corrected chi connectivity index (χ3v) is 2.33. The monoisotopic (exact) mass is 244 g/mol. The molecule has 0 unspecified atom stereocenters. The van der Waals surface area contributed by atoms with Crippen LogP contribution < -0.4 is 0 Å². The lowest BCUT2D eigenvalue weighted by Gasteiger charge is -1.86. The van der Waals surface area contributed by atoms with Crippen molar-refractivity contribution in [1.29, 1.82) is 0 Å². The smallest absolute Gasteiger partial charge is 0.347 e. The Bertz CT molecular complexity index is 345. The average Bonchev–Trinajstić information content (AvgIpc) is 2.48. The van der Waals surface area contributed by atoms with Crippen LogP contribution in [0.15, 0.2) is 11.4 Å². The van der Waals surface area contributed by atoms with E-state index < -0.39 is 5.97 Å². The maximum atomic E-state index is 10.6. The van der Waals surface area contributed by atoms with E-state index in [0.29, 0.717) is 15.8 Å². The normalized spacial score (nSPS) is 8.75. The highest BCUT2D eigenvalue weighted by atomic mass is 79.9. The first-order valence-electron chi connectivity index (χ1n) is 3.11. The molecule has 1 aromatic heterocycles. The number of hydrogen-bond donors (Lipinski definition) is 1. The molecule has 2 nitrogen and oxygen atoms in total. The first-order chi connectivity index (χ1) is 5.75. The Hall–Kier alpha value is -0.790. The highest BCUT2D eigenvalue weighted by Crippen LogP contribution is 2.15. The van der Waals surface area contributed by atoms with Gasteiger partial charge in [-0.25, -0.2) is 4.79 Å². The molecule has 0 spiro atoms. The molecule has 0 fully saturated rings. The Morgan fingerprint density at radius 2 is 2.50 bits per heavy atom. The summed E-state index contributed by atoms with van der Waals surface area (Å²) in [5, 5.41) is 11.0. The fourth-order valence-corrected chi connectivity index (χ4v) is 1.53. The van der Waals surface area contributed by atoms with Crippen LogP contribution in [0.3, 0.4) is 0 Å². The van der Waals surface area contributed by atoms with Crippen molar-refractivity contribution in [2.24, 2.45) is 0 Å². The van der Waals surface area contributed by atoms with Crippen molar-refractivity contribution < 1.29 is 9.90 Å². The molecule has 0 aliphatic rings. The van der Waals surface area contributed by atoms with Gasteiger partial charge in [-0.2, -0.15) is 0 Å². The molecular formula is C8H5BrO2S. The number of carboxylic acid groups (broad SMARTS) is 1. The topological polar surface area (TPSA) is 37.3 Å². The van der Waals surface area contributed by atoms with Crippen LogP contribution >= 0.6 is 27.3 Å². The van der Waals surface area contributed by atoms with Crippen LogP contribution in [0.4, 0.5) is 0 Å². The number of rotatable bonds is 1. The van der Waals surface area contributed by atoms with E-state index in [2.05, 4.69) is 27.8 Å². The zero-order chi connectivity index (χ0) is 8.97. The second-order valence-corrected chi connectivity index (χ2v) is 3.38. The summed E-state index contributed by atoms with van der Waals surface area (Å²) >= 11 is 4.33. The van der Waals surface area contributed by atoms with Crippen LogP contribution in [0.5, 0.6) is 0 Å². The van der Waals surface area contributed by atoms with Crippen molar-refractivity contribution in [2.75, 3.05) is 5.33 Å². The van der Waals surface area contributed by atoms with Gasteiger partial charge in [0.15, 0.2) is 0 Å². The first kappa shape index (κ1) is 9.30. The maximum Gasteiger partial charge on any atom is 0.347 e. The third kappa shape index (κ3) is 2.10. The van der Waals surface area contributed by atoms with E-state index in [1.165, 1.54) is 11.3 Å². The van der Waals surface area contributed by atoms with Crippen LogP contribution in [-0.2, 0) is 0 Å². The molecule has 0 saturated carbocycles. The second-order valence-electron chi connectivity index (χ2n) is 1.90.